The number of aryl methyl sites for hydroxylation is 2. The Morgan fingerprint density at radius 1 is 1.16 bits per heavy atom. The van der Waals surface area contributed by atoms with E-state index in [0.29, 0.717) is 6.54 Å². The van der Waals surface area contributed by atoms with Crippen molar-refractivity contribution >= 4 is 12.1 Å². The Labute approximate surface area is 149 Å². The molecule has 0 amide bonds. The molecule has 0 spiro atoms. The number of aromatic nitrogens is 1. The molecule has 0 radical (unpaired) electrons. The number of carbonyl (C=O) groups is 2. The minimum atomic E-state index is -0.113. The van der Waals surface area contributed by atoms with E-state index in [4.69, 9.17) is 0 Å². The maximum Gasteiger partial charge on any atom is 0.178 e. The van der Waals surface area contributed by atoms with E-state index >= 15 is 0 Å². The number of hydrogen-bond donors (Lipinski definition) is 0. The van der Waals surface area contributed by atoms with Gasteiger partial charge in [0.25, 0.3) is 0 Å². The van der Waals surface area contributed by atoms with Crippen molar-refractivity contribution in [2.24, 2.45) is 0 Å². The molecule has 4 heteroatoms. The first-order valence-corrected chi connectivity index (χ1v) is 9.00. The first kappa shape index (κ1) is 17.6. The van der Waals surface area contributed by atoms with Crippen molar-refractivity contribution in [2.45, 2.75) is 46.1 Å². The molecule has 2 aromatic rings. The first-order chi connectivity index (χ1) is 12.0. The highest BCUT2D eigenvalue weighted by atomic mass is 16.1. The van der Waals surface area contributed by atoms with Crippen molar-refractivity contribution in [3.8, 4) is 5.69 Å². The van der Waals surface area contributed by atoms with Crippen molar-refractivity contribution in [2.75, 3.05) is 13.1 Å². The second-order valence-corrected chi connectivity index (χ2v) is 7.05. The molecular formula is C21H26N2O2. The van der Waals surface area contributed by atoms with Crippen molar-refractivity contribution in [1.29, 1.82) is 0 Å². The van der Waals surface area contributed by atoms with Gasteiger partial charge in [0.15, 0.2) is 5.78 Å². The van der Waals surface area contributed by atoms with Gasteiger partial charge in [-0.25, -0.2) is 0 Å². The summed E-state index contributed by atoms with van der Waals surface area (Å²) in [4.78, 5) is 26.2. The summed E-state index contributed by atoms with van der Waals surface area (Å²) < 4.78 is 2.13. The highest BCUT2D eigenvalue weighted by molar-refractivity contribution is 5.99. The molecule has 1 aliphatic rings. The van der Waals surface area contributed by atoms with Crippen LogP contribution in [0.4, 0.5) is 0 Å². The number of benzene rings is 1. The third-order valence-corrected chi connectivity index (χ3v) is 5.19. The van der Waals surface area contributed by atoms with Crippen LogP contribution in [0.5, 0.6) is 0 Å². The van der Waals surface area contributed by atoms with E-state index in [0.717, 1.165) is 54.7 Å². The van der Waals surface area contributed by atoms with E-state index in [-0.39, 0.29) is 11.8 Å². The fourth-order valence-electron chi connectivity index (χ4n) is 3.77. The van der Waals surface area contributed by atoms with Crippen LogP contribution in [0.3, 0.4) is 0 Å². The van der Waals surface area contributed by atoms with Crippen LogP contribution in [0.25, 0.3) is 5.69 Å². The number of likely N-dealkylation sites (tertiary alicyclic amines) is 1. The van der Waals surface area contributed by atoms with Gasteiger partial charge in [-0.1, -0.05) is 24.1 Å². The van der Waals surface area contributed by atoms with Gasteiger partial charge in [0, 0.05) is 22.6 Å². The van der Waals surface area contributed by atoms with Gasteiger partial charge >= 0.3 is 0 Å². The monoisotopic (exact) mass is 338 g/mol. The zero-order valence-electron chi connectivity index (χ0n) is 15.3. The summed E-state index contributed by atoms with van der Waals surface area (Å²) in [6.07, 6.45) is 3.97. The molecule has 0 aliphatic carbocycles. The largest absolute Gasteiger partial charge is 0.318 e. The highest BCUT2D eigenvalue weighted by Crippen LogP contribution is 2.23. The SMILES string of the molecule is Cc1ccc(-n2c(C)cc(C(=O)CN3CCCCC3C=O)c2C)cc1. The molecule has 3 rings (SSSR count). The summed E-state index contributed by atoms with van der Waals surface area (Å²) in [7, 11) is 0. The lowest BCUT2D eigenvalue weighted by atomic mass is 10.0. The fraction of sp³-hybridized carbons (Fsp3) is 0.429. The summed E-state index contributed by atoms with van der Waals surface area (Å²) >= 11 is 0. The molecule has 0 saturated carbocycles. The van der Waals surface area contributed by atoms with E-state index in [2.05, 4.69) is 35.8 Å². The molecule has 0 bridgehead atoms. The quantitative estimate of drug-likeness (QED) is 0.617. The van der Waals surface area contributed by atoms with E-state index in [1.165, 1.54) is 5.56 Å². The number of carbonyl (C=O) groups excluding carboxylic acids is 2. The van der Waals surface area contributed by atoms with E-state index in [1.807, 2.05) is 24.8 Å². The van der Waals surface area contributed by atoms with E-state index in [9.17, 15) is 9.59 Å². The lowest BCUT2D eigenvalue weighted by Gasteiger charge is -2.31. The molecular weight excluding hydrogens is 312 g/mol. The van der Waals surface area contributed by atoms with Crippen LogP contribution in [0.2, 0.25) is 0 Å². The summed E-state index contributed by atoms with van der Waals surface area (Å²) in [5.41, 5.74) is 5.06. The molecule has 1 atom stereocenters. The van der Waals surface area contributed by atoms with Gasteiger partial charge in [0.2, 0.25) is 0 Å². The van der Waals surface area contributed by atoms with Crippen molar-refractivity contribution < 1.29 is 9.59 Å². The number of hydrogen-bond acceptors (Lipinski definition) is 3. The second-order valence-electron chi connectivity index (χ2n) is 7.05. The van der Waals surface area contributed by atoms with Gasteiger partial charge in [-0.2, -0.15) is 0 Å². The molecule has 1 aromatic heterocycles. The third kappa shape index (κ3) is 3.59. The lowest BCUT2D eigenvalue weighted by molar-refractivity contribution is -0.113. The van der Waals surface area contributed by atoms with Crippen molar-refractivity contribution in [1.82, 2.24) is 9.47 Å². The second kappa shape index (κ2) is 7.36. The highest BCUT2D eigenvalue weighted by Gasteiger charge is 2.25. The van der Waals surface area contributed by atoms with Crippen LogP contribution in [-0.4, -0.2) is 40.7 Å². The van der Waals surface area contributed by atoms with Crippen molar-refractivity contribution in [3.63, 3.8) is 0 Å². The predicted molar refractivity (Wildman–Crippen MR) is 99.6 cm³/mol. The molecule has 1 fully saturated rings. The van der Waals surface area contributed by atoms with Crippen LogP contribution >= 0.6 is 0 Å². The molecule has 0 N–H and O–H groups in total. The minimum Gasteiger partial charge on any atom is -0.318 e. The Bertz CT molecular complexity index is 774. The number of Topliss-reactive ketones (excluding diaryl/α,β-unsaturated/α-hetero) is 1. The smallest absolute Gasteiger partial charge is 0.178 e. The summed E-state index contributed by atoms with van der Waals surface area (Å²) in [5, 5.41) is 0. The lowest BCUT2D eigenvalue weighted by Crippen LogP contribution is -2.43. The third-order valence-electron chi connectivity index (χ3n) is 5.19. The van der Waals surface area contributed by atoms with Gasteiger partial charge < -0.3 is 9.36 Å². The standard InChI is InChI=1S/C21H26N2O2/c1-15-7-9-18(10-8-15)23-16(2)12-20(17(23)3)21(25)13-22-11-5-4-6-19(22)14-24/h7-10,12,14,19H,4-6,11,13H2,1-3H3. The number of piperidine rings is 1. The van der Waals surface area contributed by atoms with Crippen LogP contribution in [-0.2, 0) is 4.79 Å². The Kier molecular flexibility index (Phi) is 5.19. The summed E-state index contributed by atoms with van der Waals surface area (Å²) in [5.74, 6) is 0.0974. The molecule has 25 heavy (non-hydrogen) atoms. The van der Waals surface area contributed by atoms with Gasteiger partial charge in [-0.05, 0) is 58.4 Å². The normalized spacial score (nSPS) is 18.3. The van der Waals surface area contributed by atoms with Crippen LogP contribution in [0.15, 0.2) is 30.3 Å². The Morgan fingerprint density at radius 2 is 1.88 bits per heavy atom. The number of rotatable bonds is 5. The van der Waals surface area contributed by atoms with Crippen LogP contribution in [0, 0.1) is 20.8 Å². The maximum atomic E-state index is 12.9. The predicted octanol–water partition coefficient (Wildman–Crippen LogP) is 3.64. The average Bonchev–Trinajstić information content (AvgIpc) is 2.91. The topological polar surface area (TPSA) is 42.3 Å². The van der Waals surface area contributed by atoms with Gasteiger partial charge in [-0.3, -0.25) is 9.69 Å². The Hall–Kier alpha value is -2.20. The number of aldehydes is 1. The first-order valence-electron chi connectivity index (χ1n) is 9.00. The molecule has 4 nitrogen and oxygen atoms in total. The van der Waals surface area contributed by atoms with Crippen LogP contribution < -0.4 is 0 Å². The Morgan fingerprint density at radius 3 is 2.56 bits per heavy atom. The molecule has 1 aromatic carbocycles. The van der Waals surface area contributed by atoms with Gasteiger partial charge in [0.1, 0.15) is 6.29 Å². The van der Waals surface area contributed by atoms with Gasteiger partial charge in [-0.15, -0.1) is 0 Å². The maximum absolute atomic E-state index is 12.9. The average molecular weight is 338 g/mol. The van der Waals surface area contributed by atoms with E-state index in [1.54, 1.807) is 0 Å². The zero-order valence-corrected chi connectivity index (χ0v) is 15.3. The number of nitrogens with zero attached hydrogens (tertiary/aromatic N) is 2. The molecule has 132 valence electrons. The number of ketones is 1. The summed E-state index contributed by atoms with van der Waals surface area (Å²) in [6.45, 7) is 7.23. The Balaban J connectivity index is 1.85. The zero-order chi connectivity index (χ0) is 18.0. The molecule has 1 saturated heterocycles. The minimum absolute atomic E-state index is 0.0974. The van der Waals surface area contributed by atoms with Crippen LogP contribution in [0.1, 0.15) is 46.6 Å². The molecule has 1 unspecified atom stereocenters. The molecule has 2 heterocycles. The van der Waals surface area contributed by atoms with E-state index < -0.39 is 0 Å². The summed E-state index contributed by atoms with van der Waals surface area (Å²) in [6, 6.07) is 10.2. The van der Waals surface area contributed by atoms with Gasteiger partial charge in [0.05, 0.1) is 12.6 Å². The molecule has 1 aliphatic heterocycles. The fourth-order valence-corrected chi connectivity index (χ4v) is 3.77. The van der Waals surface area contributed by atoms with Crippen molar-refractivity contribution in [3.05, 3.63) is 52.8 Å².